The van der Waals surface area contributed by atoms with Gasteiger partial charge in [-0.25, -0.2) is 4.79 Å². The Bertz CT molecular complexity index is 592. The van der Waals surface area contributed by atoms with E-state index in [2.05, 4.69) is 10.5 Å². The number of nitrogens with two attached hydrogens (primary N) is 1. The topological polar surface area (TPSA) is 122 Å². The Morgan fingerprint density at radius 1 is 1.42 bits per heavy atom. The molecule has 9 heteroatoms. The molecule has 1 spiro atoms. The quantitative estimate of drug-likeness (QED) is 0.732. The van der Waals surface area contributed by atoms with Crippen LogP contribution < -0.4 is 11.1 Å². The Morgan fingerprint density at radius 3 is 2.62 bits per heavy atom. The Labute approximate surface area is 146 Å². The number of halogens is 1. The number of hydrogen-bond acceptors (Lipinski definition) is 5. The molecule has 3 rings (SSSR count). The van der Waals surface area contributed by atoms with Crippen molar-refractivity contribution in [3.63, 3.8) is 0 Å². The number of carboxylic acid groups (broad SMARTS) is 1. The molecule has 0 aromatic carbocycles. The summed E-state index contributed by atoms with van der Waals surface area (Å²) in [4.78, 5) is 23.8. The number of nitrogens with one attached hydrogen (secondary N) is 1. The number of nitrogens with zero attached hydrogens (tertiary/aromatic N) is 2. The smallest absolute Gasteiger partial charge is 0.407 e. The minimum atomic E-state index is -0.992. The summed E-state index contributed by atoms with van der Waals surface area (Å²) in [5.41, 5.74) is 5.55. The van der Waals surface area contributed by atoms with Gasteiger partial charge >= 0.3 is 6.09 Å². The molecule has 1 saturated heterocycles. The highest BCUT2D eigenvalue weighted by Gasteiger charge is 2.45. The second-order valence-electron chi connectivity index (χ2n) is 6.73. The van der Waals surface area contributed by atoms with E-state index in [1.807, 2.05) is 0 Å². The predicted octanol–water partition coefficient (Wildman–Crippen LogP) is 1.46. The number of amides is 2. The molecule has 1 aliphatic heterocycles. The van der Waals surface area contributed by atoms with Crippen molar-refractivity contribution in [1.29, 1.82) is 0 Å². The highest BCUT2D eigenvalue weighted by Crippen LogP contribution is 2.51. The van der Waals surface area contributed by atoms with Crippen molar-refractivity contribution < 1.29 is 19.2 Å². The molecule has 1 aliphatic carbocycles. The fourth-order valence-electron chi connectivity index (χ4n) is 3.87. The lowest BCUT2D eigenvalue weighted by Crippen LogP contribution is -2.49. The highest BCUT2D eigenvalue weighted by atomic mass is 35.5. The third-order valence-electron chi connectivity index (χ3n) is 5.01. The first-order valence-electron chi connectivity index (χ1n) is 7.91. The monoisotopic (exact) mass is 358 g/mol. The molecule has 0 radical (unpaired) electrons. The van der Waals surface area contributed by atoms with Crippen LogP contribution in [-0.4, -0.2) is 46.8 Å². The van der Waals surface area contributed by atoms with Gasteiger partial charge in [0.15, 0.2) is 11.5 Å². The average molecular weight is 359 g/mol. The van der Waals surface area contributed by atoms with Gasteiger partial charge in [-0.1, -0.05) is 5.16 Å². The normalized spacial score (nSPS) is 19.3. The Kier molecular flexibility index (Phi) is 5.71. The lowest BCUT2D eigenvalue weighted by Gasteiger charge is -2.51. The second-order valence-corrected chi connectivity index (χ2v) is 6.73. The summed E-state index contributed by atoms with van der Waals surface area (Å²) >= 11 is 0. The summed E-state index contributed by atoms with van der Waals surface area (Å²) in [7, 11) is 0. The molecule has 0 atom stereocenters. The van der Waals surface area contributed by atoms with Crippen molar-refractivity contribution >= 4 is 24.4 Å². The summed E-state index contributed by atoms with van der Waals surface area (Å²) in [6, 6.07) is 1.40. The molecule has 0 unspecified atom stereocenters. The molecule has 0 bridgehead atoms. The molecular weight excluding hydrogens is 336 g/mol. The van der Waals surface area contributed by atoms with Gasteiger partial charge in [0.25, 0.3) is 5.91 Å². The molecule has 2 amide bonds. The zero-order valence-electron chi connectivity index (χ0n) is 13.4. The molecule has 1 saturated carbocycles. The van der Waals surface area contributed by atoms with Gasteiger partial charge in [0, 0.05) is 12.6 Å². The van der Waals surface area contributed by atoms with Crippen LogP contribution in [0.15, 0.2) is 10.6 Å². The van der Waals surface area contributed by atoms with Crippen LogP contribution in [0.2, 0.25) is 0 Å². The summed E-state index contributed by atoms with van der Waals surface area (Å²) in [5.74, 6) is 0.0357. The van der Waals surface area contributed by atoms with E-state index >= 15 is 0 Å². The molecule has 134 valence electrons. The number of carbonyl (C=O) groups is 2. The summed E-state index contributed by atoms with van der Waals surface area (Å²) in [6.45, 7) is 2.68. The molecule has 4 N–H and O–H groups in total. The SMILES string of the molecule is Cl.NC(=O)c1cc(CN(CC2CC3(CCNCC3)C2)C(=O)O)on1. The van der Waals surface area contributed by atoms with Gasteiger partial charge in [-0.15, -0.1) is 12.4 Å². The number of piperidine rings is 1. The van der Waals surface area contributed by atoms with Gasteiger partial charge in [-0.3, -0.25) is 4.79 Å². The van der Waals surface area contributed by atoms with E-state index in [-0.39, 0.29) is 24.6 Å². The van der Waals surface area contributed by atoms with Crippen molar-refractivity contribution in [3.8, 4) is 0 Å². The van der Waals surface area contributed by atoms with Crippen molar-refractivity contribution in [2.24, 2.45) is 17.1 Å². The Balaban J connectivity index is 0.00000208. The van der Waals surface area contributed by atoms with Crippen LogP contribution in [0, 0.1) is 11.3 Å². The fraction of sp³-hybridized carbons (Fsp3) is 0.667. The first kappa shape index (κ1) is 18.5. The van der Waals surface area contributed by atoms with E-state index in [9.17, 15) is 14.7 Å². The van der Waals surface area contributed by atoms with Crippen LogP contribution in [0.5, 0.6) is 0 Å². The second kappa shape index (κ2) is 7.40. The van der Waals surface area contributed by atoms with Gasteiger partial charge in [0.05, 0.1) is 6.54 Å². The molecule has 2 fully saturated rings. The van der Waals surface area contributed by atoms with Crippen LogP contribution >= 0.6 is 12.4 Å². The van der Waals surface area contributed by atoms with Crippen LogP contribution in [0.25, 0.3) is 0 Å². The zero-order chi connectivity index (χ0) is 16.4. The molecule has 24 heavy (non-hydrogen) atoms. The number of primary amides is 1. The van der Waals surface area contributed by atoms with E-state index in [1.165, 1.54) is 23.8 Å². The maximum Gasteiger partial charge on any atom is 0.407 e. The van der Waals surface area contributed by atoms with Gasteiger partial charge in [0.2, 0.25) is 0 Å². The zero-order valence-corrected chi connectivity index (χ0v) is 14.2. The highest BCUT2D eigenvalue weighted by molar-refractivity contribution is 5.90. The van der Waals surface area contributed by atoms with E-state index in [0.717, 1.165) is 25.9 Å². The minimum Gasteiger partial charge on any atom is -0.465 e. The number of aromatic nitrogens is 1. The van der Waals surface area contributed by atoms with E-state index < -0.39 is 12.0 Å². The third-order valence-corrected chi connectivity index (χ3v) is 5.01. The van der Waals surface area contributed by atoms with E-state index in [0.29, 0.717) is 23.6 Å². The van der Waals surface area contributed by atoms with Crippen LogP contribution in [-0.2, 0) is 6.54 Å². The van der Waals surface area contributed by atoms with Crippen molar-refractivity contribution in [1.82, 2.24) is 15.4 Å². The maximum atomic E-state index is 11.5. The van der Waals surface area contributed by atoms with Crippen molar-refractivity contribution in [2.75, 3.05) is 19.6 Å². The van der Waals surface area contributed by atoms with Crippen molar-refractivity contribution in [2.45, 2.75) is 32.2 Å². The van der Waals surface area contributed by atoms with E-state index in [4.69, 9.17) is 10.3 Å². The largest absolute Gasteiger partial charge is 0.465 e. The molecule has 2 heterocycles. The molecule has 2 aliphatic rings. The number of rotatable bonds is 5. The fourth-order valence-corrected chi connectivity index (χ4v) is 3.87. The summed E-state index contributed by atoms with van der Waals surface area (Å²) in [6.07, 6.45) is 3.54. The number of hydrogen-bond donors (Lipinski definition) is 3. The molecule has 8 nitrogen and oxygen atoms in total. The summed E-state index contributed by atoms with van der Waals surface area (Å²) < 4.78 is 4.99. The minimum absolute atomic E-state index is 0. The van der Waals surface area contributed by atoms with Crippen LogP contribution in [0.1, 0.15) is 41.9 Å². The molecular formula is C15H23ClN4O4. The molecule has 1 aromatic heterocycles. The van der Waals surface area contributed by atoms with Gasteiger partial charge < -0.3 is 25.6 Å². The first-order chi connectivity index (χ1) is 11.0. The Morgan fingerprint density at radius 2 is 2.08 bits per heavy atom. The Hall–Kier alpha value is -1.80. The van der Waals surface area contributed by atoms with Crippen LogP contribution in [0.3, 0.4) is 0 Å². The predicted molar refractivity (Wildman–Crippen MR) is 88.0 cm³/mol. The van der Waals surface area contributed by atoms with Gasteiger partial charge in [-0.05, 0) is 50.1 Å². The third kappa shape index (κ3) is 3.99. The van der Waals surface area contributed by atoms with E-state index in [1.54, 1.807) is 0 Å². The summed E-state index contributed by atoms with van der Waals surface area (Å²) in [5, 5.41) is 16.3. The number of carbonyl (C=O) groups excluding carboxylic acids is 1. The lowest BCUT2D eigenvalue weighted by atomic mass is 9.57. The van der Waals surface area contributed by atoms with Crippen LogP contribution in [0.4, 0.5) is 4.79 Å². The first-order valence-corrected chi connectivity index (χ1v) is 7.91. The standard InChI is InChI=1S/C15H22N4O4.ClH/c16-13(20)12-5-11(23-18-12)9-19(14(21)22)8-10-6-15(7-10)1-3-17-4-2-15;/h5,10,17H,1-4,6-9H2,(H2,16,20)(H,21,22);1H. The van der Waals surface area contributed by atoms with Crippen molar-refractivity contribution in [3.05, 3.63) is 17.5 Å². The average Bonchev–Trinajstić information content (AvgIpc) is 2.94. The molecule has 1 aromatic rings. The van der Waals surface area contributed by atoms with Gasteiger partial charge in [0.1, 0.15) is 0 Å². The maximum absolute atomic E-state index is 11.5. The van der Waals surface area contributed by atoms with Gasteiger partial charge in [-0.2, -0.15) is 0 Å². The lowest BCUT2D eigenvalue weighted by molar-refractivity contribution is 0.00234.